The maximum atomic E-state index is 13.7. The average molecular weight is 988 g/mol. The van der Waals surface area contributed by atoms with Crippen molar-refractivity contribution in [1.29, 1.82) is 0 Å². The van der Waals surface area contributed by atoms with Crippen LogP contribution in [-0.4, -0.2) is 96.8 Å². The molecule has 4 aromatic rings. The number of fused-ring (bicyclic) bond motifs is 2. The summed E-state index contributed by atoms with van der Waals surface area (Å²) in [5.74, 6) is -2.53. The summed E-state index contributed by atoms with van der Waals surface area (Å²) in [5, 5.41) is 17.8. The van der Waals surface area contributed by atoms with Crippen LogP contribution in [0.4, 0.5) is 16.3 Å². The number of nitrogens with one attached hydrogen (secondary N) is 4. The Morgan fingerprint density at radius 1 is 0.943 bits per heavy atom. The predicted octanol–water partition coefficient (Wildman–Crippen LogP) is 4.74. The Morgan fingerprint density at radius 2 is 1.70 bits per heavy atom. The third-order valence-electron chi connectivity index (χ3n) is 12.8. The van der Waals surface area contributed by atoms with Gasteiger partial charge in [-0.3, -0.25) is 28.2 Å². The second-order valence-corrected chi connectivity index (χ2v) is 19.6. The van der Waals surface area contributed by atoms with Crippen molar-refractivity contribution in [2.24, 2.45) is 28.6 Å². The molecule has 2 aliphatic rings. The molecule has 8 N–H and O–H groups in total. The van der Waals surface area contributed by atoms with Gasteiger partial charge in [0.05, 0.1) is 37.3 Å². The van der Waals surface area contributed by atoms with E-state index < -0.39 is 58.1 Å². The highest BCUT2D eigenvalue weighted by Gasteiger charge is 2.39. The molecule has 0 bridgehead atoms. The second-order valence-electron chi connectivity index (χ2n) is 18.4. The van der Waals surface area contributed by atoms with E-state index in [0.717, 1.165) is 23.8 Å². The molecule has 0 saturated heterocycles. The summed E-state index contributed by atoms with van der Waals surface area (Å²) in [5.41, 5.74) is 9.70. The van der Waals surface area contributed by atoms with Gasteiger partial charge in [-0.1, -0.05) is 50.2 Å². The molecule has 378 valence electrons. The molecule has 70 heavy (non-hydrogen) atoms. The van der Waals surface area contributed by atoms with Crippen molar-refractivity contribution in [2.75, 3.05) is 37.0 Å². The molecule has 0 unspecified atom stereocenters. The van der Waals surface area contributed by atoms with Crippen molar-refractivity contribution < 1.29 is 50.8 Å². The first-order chi connectivity index (χ1) is 33.4. The smallest absolute Gasteiger partial charge is 0.333 e. The maximum absolute atomic E-state index is 13.7. The third kappa shape index (κ3) is 15.6. The van der Waals surface area contributed by atoms with Crippen molar-refractivity contribution in [3.63, 3.8) is 0 Å². The minimum absolute atomic E-state index is 0.00580. The molecule has 6 rings (SSSR count). The number of benzene rings is 2. The number of anilines is 2. The van der Waals surface area contributed by atoms with Crippen LogP contribution in [0.3, 0.4) is 0 Å². The number of hydrogen-bond donors (Lipinski definition) is 6. The van der Waals surface area contributed by atoms with E-state index in [2.05, 4.69) is 43.4 Å². The Hall–Kier alpha value is -6.29. The van der Waals surface area contributed by atoms with Crippen LogP contribution in [0.25, 0.3) is 11.0 Å². The summed E-state index contributed by atoms with van der Waals surface area (Å²) < 4.78 is 42.0. The van der Waals surface area contributed by atoms with Crippen LogP contribution in [0.1, 0.15) is 107 Å². The Kier molecular flexibility index (Phi) is 19.0. The summed E-state index contributed by atoms with van der Waals surface area (Å²) in [6, 6.07) is 15.5. The van der Waals surface area contributed by atoms with E-state index >= 15 is 0 Å². The lowest BCUT2D eigenvalue weighted by Gasteiger charge is -2.24. The molecule has 2 aromatic carbocycles. The minimum Gasteiger partial charge on any atom is -0.462 e. The number of aromatic nitrogens is 3. The highest BCUT2D eigenvalue weighted by Crippen LogP contribution is 2.41. The fourth-order valence-corrected chi connectivity index (χ4v) is 9.48. The zero-order valence-electron chi connectivity index (χ0n) is 39.9. The predicted molar refractivity (Wildman–Crippen MR) is 260 cm³/mol. The van der Waals surface area contributed by atoms with Gasteiger partial charge in [-0.05, 0) is 86.3 Å². The number of carbonyl (C=O) groups excluding carboxylic acids is 6. The van der Waals surface area contributed by atoms with Gasteiger partial charge in [-0.15, -0.1) is 0 Å². The molecule has 0 spiro atoms. The van der Waals surface area contributed by atoms with Crippen molar-refractivity contribution in [2.45, 2.75) is 116 Å². The minimum atomic E-state index is -4.26. The number of carbonyl (C=O) groups is 6. The number of aryl methyl sites for hydroxylation is 2. The van der Waals surface area contributed by atoms with Crippen molar-refractivity contribution in [1.82, 2.24) is 25.2 Å². The number of esters is 1. The fraction of sp³-hybridized carbons (Fsp3) is 0.510. The Balaban J connectivity index is 1.04. The van der Waals surface area contributed by atoms with Gasteiger partial charge in [0.15, 0.2) is 5.78 Å². The van der Waals surface area contributed by atoms with E-state index in [9.17, 15) is 37.2 Å². The number of nitrogens with zero attached hydrogens (tertiary/aromatic N) is 3. The summed E-state index contributed by atoms with van der Waals surface area (Å²) in [6.45, 7) is 5.24. The van der Waals surface area contributed by atoms with E-state index in [1.165, 1.54) is 24.4 Å². The molecule has 2 heterocycles. The number of nitrogens with two attached hydrogens (primary N) is 2. The van der Waals surface area contributed by atoms with Gasteiger partial charge in [0.1, 0.15) is 29.7 Å². The summed E-state index contributed by atoms with van der Waals surface area (Å²) in [7, 11) is -4.26. The highest BCUT2D eigenvalue weighted by atomic mass is 32.2. The van der Waals surface area contributed by atoms with Crippen LogP contribution >= 0.6 is 0 Å². The van der Waals surface area contributed by atoms with E-state index in [-0.39, 0.29) is 88.0 Å². The molecular formula is C49H65N9O11S. The summed E-state index contributed by atoms with van der Waals surface area (Å²) in [6.07, 6.45) is 6.46. The number of hydrogen-bond acceptors (Lipinski definition) is 14. The van der Waals surface area contributed by atoms with Crippen molar-refractivity contribution >= 4 is 68.2 Å². The Labute approximate surface area is 408 Å². The molecule has 21 heteroatoms. The van der Waals surface area contributed by atoms with Crippen LogP contribution in [0.5, 0.6) is 0 Å². The van der Waals surface area contributed by atoms with Gasteiger partial charge in [0.25, 0.3) is 0 Å². The van der Waals surface area contributed by atoms with E-state index in [4.69, 9.17) is 24.5 Å². The molecular weight excluding hydrogens is 923 g/mol. The molecule has 4 amide bonds. The molecule has 0 aliphatic heterocycles. The lowest BCUT2D eigenvalue weighted by Crippen LogP contribution is -2.45. The van der Waals surface area contributed by atoms with Crippen LogP contribution < -0.4 is 32.1 Å². The first kappa shape index (κ1) is 53.1. The van der Waals surface area contributed by atoms with Crippen LogP contribution in [0.15, 0.2) is 67.1 Å². The van der Waals surface area contributed by atoms with Crippen molar-refractivity contribution in [3.8, 4) is 0 Å². The lowest BCUT2D eigenvalue weighted by molar-refractivity contribution is -0.151. The van der Waals surface area contributed by atoms with Crippen molar-refractivity contribution in [3.05, 3.63) is 83.8 Å². The Morgan fingerprint density at radius 3 is 2.43 bits per heavy atom. The van der Waals surface area contributed by atoms with Crippen LogP contribution in [0, 0.1) is 17.8 Å². The molecule has 2 aromatic heterocycles. The van der Waals surface area contributed by atoms with Gasteiger partial charge in [-0.25, -0.2) is 19.9 Å². The zero-order valence-corrected chi connectivity index (χ0v) is 40.7. The third-order valence-corrected chi connectivity index (χ3v) is 13.2. The maximum Gasteiger partial charge on any atom is 0.333 e. The molecule has 6 atom stereocenters. The number of ketones is 2. The quantitative estimate of drug-likeness (QED) is 0.0348. The molecule has 0 radical (unpaired) electrons. The SMILES string of the molecule is CC(=O)CCOCCC(=O)N[C@@H](C(=O)C[C@H](CCCNC(N)=O)C(=O)Nc1ccc(CCC(=O)O[C@H]2C[C@H](n3ccc4c(N[C@H]5CCc6ccccc65)ncnc43)C[C@H]2COS(N)(=O)=O)cc1)C(C)C. The monoisotopic (exact) mass is 987 g/mol. The second kappa shape index (κ2) is 25.0. The van der Waals surface area contributed by atoms with E-state index in [1.807, 2.05) is 29.0 Å². The topological polar surface area (TPSA) is 295 Å². The highest BCUT2D eigenvalue weighted by molar-refractivity contribution is 7.84. The van der Waals surface area contributed by atoms with Gasteiger partial charge >= 0.3 is 22.3 Å². The first-order valence-corrected chi connectivity index (χ1v) is 25.3. The molecule has 1 saturated carbocycles. The van der Waals surface area contributed by atoms with Gasteiger partial charge in [-0.2, -0.15) is 8.42 Å². The number of urea groups is 1. The molecule has 20 nitrogen and oxygen atoms in total. The average Bonchev–Trinajstić information content (AvgIpc) is 4.05. The van der Waals surface area contributed by atoms with Gasteiger partial charge in [0, 0.05) is 68.4 Å². The number of primary amides is 1. The van der Waals surface area contributed by atoms with Crippen LogP contribution in [0.2, 0.25) is 0 Å². The number of rotatable bonds is 27. The fourth-order valence-electron chi connectivity index (χ4n) is 9.12. The molecule has 1 fully saturated rings. The number of Topliss-reactive ketones (excluding diaryl/α,β-unsaturated/α-hetero) is 2. The van der Waals surface area contributed by atoms with Gasteiger partial charge < -0.3 is 41.0 Å². The number of ether oxygens (including phenoxy) is 2. The van der Waals surface area contributed by atoms with E-state index in [1.54, 1.807) is 38.1 Å². The van der Waals surface area contributed by atoms with Crippen LogP contribution in [-0.2, 0) is 60.8 Å². The normalized spacial score (nSPS) is 18.5. The summed E-state index contributed by atoms with van der Waals surface area (Å²) >= 11 is 0. The van der Waals surface area contributed by atoms with E-state index in [0.29, 0.717) is 42.8 Å². The lowest BCUT2D eigenvalue weighted by atomic mass is 9.89. The van der Waals surface area contributed by atoms with Gasteiger partial charge in [0.2, 0.25) is 11.8 Å². The largest absolute Gasteiger partial charge is 0.462 e. The summed E-state index contributed by atoms with van der Waals surface area (Å²) in [4.78, 5) is 85.0. The standard InChI is InChI=1S/C49H65N9O11S/c1-30(2)45(57-43(61)20-24-67-23-19-31(3)59)41(60)26-34(8-6-21-52-49(50)64)48(63)55-36-14-10-32(11-15-36)12-17-44(62)69-42-27-37(25-35(42)28-68-70(51,65)66)58-22-18-39-46(53-29-54-47(39)58)56-40-16-13-33-7-4-5-9-38(33)40/h4-5,7,9-11,14-15,18,22,29-30,34-35,37,40,42,45H,6,8,12-13,16-17,19-21,23-28H2,1-3H3,(H,55,63)(H,57,61)(H3,50,52,64)(H2,51,65,66)(H,53,54,56)/t34-,35-,37+,40-,42-,45+/m0/s1. The Bertz CT molecular complexity index is 2590. The zero-order chi connectivity index (χ0) is 50.4. The number of amides is 4. The first-order valence-electron chi connectivity index (χ1n) is 23.8. The molecule has 2 aliphatic carbocycles.